The summed E-state index contributed by atoms with van der Waals surface area (Å²) in [6.45, 7) is 3.52. The van der Waals surface area contributed by atoms with Crippen molar-refractivity contribution in [3.8, 4) is 6.07 Å². The van der Waals surface area contributed by atoms with Crippen molar-refractivity contribution in [1.82, 2.24) is 15.2 Å². The Labute approximate surface area is 172 Å². The Morgan fingerprint density at radius 1 is 1.07 bits per heavy atom. The van der Waals surface area contributed by atoms with E-state index in [-0.39, 0.29) is 11.4 Å². The summed E-state index contributed by atoms with van der Waals surface area (Å²) in [5.74, 6) is 0.717. The van der Waals surface area contributed by atoms with Crippen LogP contribution in [0.4, 0.5) is 10.6 Å². The van der Waals surface area contributed by atoms with Crippen LogP contribution in [0, 0.1) is 11.3 Å². The predicted molar refractivity (Wildman–Crippen MR) is 113 cm³/mol. The summed E-state index contributed by atoms with van der Waals surface area (Å²) in [7, 11) is 0. The van der Waals surface area contributed by atoms with E-state index in [1.807, 2.05) is 11.0 Å². The Kier molecular flexibility index (Phi) is 5.66. The van der Waals surface area contributed by atoms with E-state index in [0.717, 1.165) is 38.2 Å². The van der Waals surface area contributed by atoms with Crippen LogP contribution in [0.15, 0.2) is 48.7 Å². The van der Waals surface area contributed by atoms with Gasteiger partial charge in [-0.25, -0.2) is 9.78 Å². The second-order valence-corrected chi connectivity index (χ2v) is 7.97. The summed E-state index contributed by atoms with van der Waals surface area (Å²) in [5.41, 5.74) is 2.00. The van der Waals surface area contributed by atoms with Gasteiger partial charge < -0.3 is 15.1 Å². The van der Waals surface area contributed by atoms with E-state index >= 15 is 0 Å². The zero-order chi connectivity index (χ0) is 20.1. The first-order chi connectivity index (χ1) is 14.2. The average molecular weight is 390 g/mol. The first-order valence-electron chi connectivity index (χ1n) is 10.4. The maximum Gasteiger partial charge on any atom is 0.317 e. The van der Waals surface area contributed by atoms with E-state index in [4.69, 9.17) is 0 Å². The molecule has 0 atom stereocenters. The average Bonchev–Trinajstić information content (AvgIpc) is 3.00. The molecule has 0 unspecified atom stereocenters. The van der Waals surface area contributed by atoms with Crippen LogP contribution < -0.4 is 10.2 Å². The number of benzene rings is 1. The summed E-state index contributed by atoms with van der Waals surface area (Å²) >= 11 is 0. The van der Waals surface area contributed by atoms with Gasteiger partial charge in [-0.2, -0.15) is 5.26 Å². The van der Waals surface area contributed by atoms with Gasteiger partial charge >= 0.3 is 6.03 Å². The van der Waals surface area contributed by atoms with Crippen molar-refractivity contribution in [3.63, 3.8) is 0 Å². The number of nitriles is 1. The van der Waals surface area contributed by atoms with E-state index in [0.29, 0.717) is 25.2 Å². The molecule has 1 aromatic heterocycles. The largest absolute Gasteiger partial charge is 0.354 e. The fourth-order valence-electron chi connectivity index (χ4n) is 4.39. The molecule has 0 bridgehead atoms. The molecule has 0 radical (unpaired) electrons. The summed E-state index contributed by atoms with van der Waals surface area (Å²) in [4.78, 5) is 21.3. The quantitative estimate of drug-likeness (QED) is 0.871. The van der Waals surface area contributed by atoms with E-state index in [9.17, 15) is 10.1 Å². The van der Waals surface area contributed by atoms with Gasteiger partial charge in [0.05, 0.1) is 5.56 Å². The standard InChI is InChI=1S/C23H27N5O/c24-17-19-7-4-12-25-21(19)27-13-6-14-28(16-15-27)22(29)26-18-23(10-5-11-23)20-8-2-1-3-9-20/h1-4,7-9,12H,5-6,10-11,13-16,18H2,(H,26,29). The molecule has 1 aromatic carbocycles. The molecule has 6 heteroatoms. The second-order valence-electron chi connectivity index (χ2n) is 7.97. The molecule has 2 fully saturated rings. The Hall–Kier alpha value is -3.07. The summed E-state index contributed by atoms with van der Waals surface area (Å²) < 4.78 is 0. The van der Waals surface area contributed by atoms with Gasteiger partial charge in [-0.1, -0.05) is 36.8 Å². The van der Waals surface area contributed by atoms with E-state index in [2.05, 4.69) is 45.5 Å². The Morgan fingerprint density at radius 3 is 2.62 bits per heavy atom. The molecule has 6 nitrogen and oxygen atoms in total. The molecule has 1 N–H and O–H groups in total. The number of aromatic nitrogens is 1. The number of amides is 2. The third-order valence-corrected chi connectivity index (χ3v) is 6.26. The molecule has 2 aliphatic rings. The zero-order valence-electron chi connectivity index (χ0n) is 16.7. The van der Waals surface area contributed by atoms with Crippen LogP contribution in [0.2, 0.25) is 0 Å². The molecule has 1 saturated heterocycles. The van der Waals surface area contributed by atoms with Crippen LogP contribution >= 0.6 is 0 Å². The van der Waals surface area contributed by atoms with Crippen molar-refractivity contribution >= 4 is 11.8 Å². The molecule has 1 aliphatic carbocycles. The Balaban J connectivity index is 1.36. The number of nitrogens with zero attached hydrogens (tertiary/aromatic N) is 4. The fraction of sp³-hybridized carbons (Fsp3) is 0.435. The monoisotopic (exact) mass is 389 g/mol. The maximum absolute atomic E-state index is 12.9. The minimum atomic E-state index is 0.00980. The molecule has 29 heavy (non-hydrogen) atoms. The SMILES string of the molecule is N#Cc1cccnc1N1CCCN(C(=O)NCC2(c3ccccc3)CCC2)CC1. The van der Waals surface area contributed by atoms with Crippen LogP contribution in [0.1, 0.15) is 36.8 Å². The lowest BCUT2D eigenvalue weighted by Crippen LogP contribution is -2.50. The third kappa shape index (κ3) is 4.04. The van der Waals surface area contributed by atoms with Gasteiger partial charge in [0.25, 0.3) is 0 Å². The van der Waals surface area contributed by atoms with Crippen molar-refractivity contribution in [2.75, 3.05) is 37.6 Å². The summed E-state index contributed by atoms with van der Waals surface area (Å²) in [6, 6.07) is 16.3. The van der Waals surface area contributed by atoms with Crippen molar-refractivity contribution in [1.29, 1.82) is 5.26 Å². The minimum absolute atomic E-state index is 0.00980. The normalized spacial score (nSPS) is 18.3. The molecule has 2 aromatic rings. The van der Waals surface area contributed by atoms with Crippen LogP contribution in [-0.2, 0) is 5.41 Å². The van der Waals surface area contributed by atoms with Gasteiger partial charge in [0.1, 0.15) is 11.9 Å². The van der Waals surface area contributed by atoms with Crippen molar-refractivity contribution < 1.29 is 4.79 Å². The highest BCUT2D eigenvalue weighted by atomic mass is 16.2. The number of anilines is 1. The van der Waals surface area contributed by atoms with Gasteiger partial charge in [-0.15, -0.1) is 0 Å². The van der Waals surface area contributed by atoms with E-state index < -0.39 is 0 Å². The number of pyridine rings is 1. The molecule has 150 valence electrons. The van der Waals surface area contributed by atoms with Gasteiger partial charge in [0.15, 0.2) is 0 Å². The number of hydrogen-bond donors (Lipinski definition) is 1. The van der Waals surface area contributed by atoms with Gasteiger partial charge in [-0.05, 0) is 37.0 Å². The molecule has 2 heterocycles. The third-order valence-electron chi connectivity index (χ3n) is 6.26. The predicted octanol–water partition coefficient (Wildman–Crippen LogP) is 3.30. The lowest BCUT2D eigenvalue weighted by Gasteiger charge is -2.43. The van der Waals surface area contributed by atoms with E-state index in [1.54, 1.807) is 18.3 Å². The smallest absolute Gasteiger partial charge is 0.317 e. The van der Waals surface area contributed by atoms with Crippen LogP contribution in [0.3, 0.4) is 0 Å². The highest BCUT2D eigenvalue weighted by molar-refractivity contribution is 5.74. The zero-order valence-corrected chi connectivity index (χ0v) is 16.7. The molecule has 2 amide bonds. The number of urea groups is 1. The van der Waals surface area contributed by atoms with Gasteiger partial charge in [-0.3, -0.25) is 0 Å². The number of rotatable bonds is 4. The lowest BCUT2D eigenvalue weighted by molar-refractivity contribution is 0.186. The topological polar surface area (TPSA) is 72.3 Å². The van der Waals surface area contributed by atoms with Crippen LogP contribution in [-0.4, -0.2) is 48.6 Å². The highest BCUT2D eigenvalue weighted by Gasteiger charge is 2.39. The first kappa shape index (κ1) is 19.3. The molecule has 4 rings (SSSR count). The molecule has 1 saturated carbocycles. The van der Waals surface area contributed by atoms with E-state index in [1.165, 1.54) is 12.0 Å². The Morgan fingerprint density at radius 2 is 1.90 bits per heavy atom. The van der Waals surface area contributed by atoms with Crippen molar-refractivity contribution in [2.45, 2.75) is 31.1 Å². The number of carbonyl (C=O) groups excluding carboxylic acids is 1. The molecule has 1 aliphatic heterocycles. The summed E-state index contributed by atoms with van der Waals surface area (Å²) in [6.07, 6.45) is 6.05. The number of carbonyl (C=O) groups is 1. The lowest BCUT2D eigenvalue weighted by atomic mass is 9.64. The molecular formula is C23H27N5O. The van der Waals surface area contributed by atoms with Crippen LogP contribution in [0.5, 0.6) is 0 Å². The van der Waals surface area contributed by atoms with Crippen LogP contribution in [0.25, 0.3) is 0 Å². The number of nitrogens with one attached hydrogen (secondary N) is 1. The second kappa shape index (κ2) is 8.52. The minimum Gasteiger partial charge on any atom is -0.354 e. The molecule has 0 spiro atoms. The van der Waals surface area contributed by atoms with Gasteiger partial charge in [0, 0.05) is 44.3 Å². The highest BCUT2D eigenvalue weighted by Crippen LogP contribution is 2.43. The fourth-order valence-corrected chi connectivity index (χ4v) is 4.39. The number of hydrogen-bond acceptors (Lipinski definition) is 4. The van der Waals surface area contributed by atoms with Crippen molar-refractivity contribution in [2.24, 2.45) is 0 Å². The maximum atomic E-state index is 12.9. The van der Waals surface area contributed by atoms with Gasteiger partial charge in [0.2, 0.25) is 0 Å². The first-order valence-corrected chi connectivity index (χ1v) is 10.4. The Bertz CT molecular complexity index is 888. The van der Waals surface area contributed by atoms with Crippen molar-refractivity contribution in [3.05, 3.63) is 59.8 Å². The molecular weight excluding hydrogens is 362 g/mol. The summed E-state index contributed by atoms with van der Waals surface area (Å²) in [5, 5.41) is 12.5.